The molecule has 1 aliphatic heterocycles. The summed E-state index contributed by atoms with van der Waals surface area (Å²) in [7, 11) is 0. The Morgan fingerprint density at radius 3 is 1.91 bits per heavy atom. The summed E-state index contributed by atoms with van der Waals surface area (Å²) in [6.07, 6.45) is 1.71. The van der Waals surface area contributed by atoms with Gasteiger partial charge in [-0.05, 0) is 28.8 Å². The highest BCUT2D eigenvalue weighted by atomic mass is 35.5. The van der Waals surface area contributed by atoms with E-state index in [1.54, 1.807) is 18.3 Å². The Morgan fingerprint density at radius 2 is 1.34 bits per heavy atom. The third-order valence-electron chi connectivity index (χ3n) is 6.46. The summed E-state index contributed by atoms with van der Waals surface area (Å²) in [6.45, 7) is 3.56. The van der Waals surface area contributed by atoms with Crippen LogP contribution in [0.4, 0.5) is 5.69 Å². The molecule has 1 fully saturated rings. The van der Waals surface area contributed by atoms with Crippen molar-refractivity contribution in [1.82, 2.24) is 14.7 Å². The molecule has 0 N–H and O–H groups in total. The Morgan fingerprint density at radius 1 is 0.771 bits per heavy atom. The van der Waals surface area contributed by atoms with Crippen LogP contribution in [0.25, 0.3) is 0 Å². The lowest BCUT2D eigenvalue weighted by Crippen LogP contribution is -2.48. The molecule has 0 spiro atoms. The molecule has 1 aliphatic rings. The first-order chi connectivity index (χ1) is 17.1. The van der Waals surface area contributed by atoms with E-state index in [-0.39, 0.29) is 16.6 Å². The predicted octanol–water partition coefficient (Wildman–Crippen LogP) is 5.51. The first-order valence-electron chi connectivity index (χ1n) is 11.7. The van der Waals surface area contributed by atoms with Gasteiger partial charge < -0.3 is 4.90 Å². The standard InChI is InChI=1S/C28H26Cl2N4O/c29-24-13-11-21(12-14-24)20-34-28(35)26(30)25(19-31-34)32-15-17-33(18-16-32)27(22-7-3-1-4-8-22)23-9-5-2-6-10-23/h1-14,19,27H,15-18,20H2. The quantitative estimate of drug-likeness (QED) is 0.347. The molecule has 35 heavy (non-hydrogen) atoms. The van der Waals surface area contributed by atoms with Gasteiger partial charge in [0, 0.05) is 31.2 Å². The van der Waals surface area contributed by atoms with Crippen LogP contribution >= 0.6 is 23.2 Å². The highest BCUT2D eigenvalue weighted by Gasteiger charge is 2.27. The minimum Gasteiger partial charge on any atom is -0.366 e. The first-order valence-corrected chi connectivity index (χ1v) is 12.4. The van der Waals surface area contributed by atoms with Gasteiger partial charge in [0.1, 0.15) is 5.02 Å². The SMILES string of the molecule is O=c1c(Cl)c(N2CCN(C(c3ccccc3)c3ccccc3)CC2)cnn1Cc1ccc(Cl)cc1. The van der Waals surface area contributed by atoms with Gasteiger partial charge in [-0.25, -0.2) is 4.68 Å². The molecule has 5 nitrogen and oxygen atoms in total. The molecule has 3 aromatic carbocycles. The van der Waals surface area contributed by atoms with Gasteiger partial charge in [-0.3, -0.25) is 9.69 Å². The molecular formula is C28H26Cl2N4O. The van der Waals surface area contributed by atoms with Crippen LogP contribution in [0.3, 0.4) is 0 Å². The van der Waals surface area contributed by atoms with Gasteiger partial charge in [-0.1, -0.05) is 96.0 Å². The smallest absolute Gasteiger partial charge is 0.287 e. The predicted molar refractivity (Wildman–Crippen MR) is 143 cm³/mol. The van der Waals surface area contributed by atoms with E-state index in [1.807, 2.05) is 24.3 Å². The lowest BCUT2D eigenvalue weighted by molar-refractivity contribution is 0.212. The van der Waals surface area contributed by atoms with Gasteiger partial charge in [0.15, 0.2) is 0 Å². The summed E-state index contributed by atoms with van der Waals surface area (Å²) in [5.74, 6) is 0. The zero-order valence-electron chi connectivity index (χ0n) is 19.2. The van der Waals surface area contributed by atoms with Crippen molar-refractivity contribution in [3.8, 4) is 0 Å². The van der Waals surface area contributed by atoms with E-state index in [2.05, 4.69) is 63.4 Å². The maximum atomic E-state index is 13.0. The Labute approximate surface area is 215 Å². The van der Waals surface area contributed by atoms with E-state index in [0.717, 1.165) is 31.7 Å². The second kappa shape index (κ2) is 10.6. The van der Waals surface area contributed by atoms with Crippen LogP contribution in [0, 0.1) is 0 Å². The van der Waals surface area contributed by atoms with Gasteiger partial charge in [0.05, 0.1) is 24.5 Å². The molecule has 0 radical (unpaired) electrons. The van der Waals surface area contributed by atoms with Gasteiger partial charge >= 0.3 is 0 Å². The van der Waals surface area contributed by atoms with Crippen LogP contribution in [0.2, 0.25) is 10.0 Å². The second-order valence-electron chi connectivity index (χ2n) is 8.68. The molecule has 1 aromatic heterocycles. The van der Waals surface area contributed by atoms with Crippen molar-refractivity contribution in [3.05, 3.63) is 128 Å². The van der Waals surface area contributed by atoms with Crippen molar-refractivity contribution in [3.63, 3.8) is 0 Å². The Kier molecular flexibility index (Phi) is 7.19. The summed E-state index contributed by atoms with van der Waals surface area (Å²) in [5.41, 5.74) is 3.90. The molecule has 0 bridgehead atoms. The van der Waals surface area contributed by atoms with Crippen molar-refractivity contribution in [1.29, 1.82) is 0 Å². The highest BCUT2D eigenvalue weighted by molar-refractivity contribution is 6.33. The average molecular weight is 505 g/mol. The van der Waals surface area contributed by atoms with E-state index in [0.29, 0.717) is 17.3 Å². The van der Waals surface area contributed by atoms with Crippen molar-refractivity contribution >= 4 is 28.9 Å². The number of hydrogen-bond acceptors (Lipinski definition) is 4. The fourth-order valence-electron chi connectivity index (χ4n) is 4.66. The van der Waals surface area contributed by atoms with E-state index in [4.69, 9.17) is 23.2 Å². The number of aromatic nitrogens is 2. The van der Waals surface area contributed by atoms with Gasteiger partial charge in [0.2, 0.25) is 0 Å². The van der Waals surface area contributed by atoms with E-state index in [9.17, 15) is 4.79 Å². The van der Waals surface area contributed by atoms with Crippen molar-refractivity contribution in [2.24, 2.45) is 0 Å². The summed E-state index contributed by atoms with van der Waals surface area (Å²) >= 11 is 12.5. The summed E-state index contributed by atoms with van der Waals surface area (Å²) in [4.78, 5) is 17.6. The number of rotatable bonds is 6. The molecular weight excluding hydrogens is 479 g/mol. The lowest BCUT2D eigenvalue weighted by atomic mass is 9.96. The van der Waals surface area contributed by atoms with Crippen LogP contribution in [0.5, 0.6) is 0 Å². The normalized spacial score (nSPS) is 14.4. The zero-order valence-corrected chi connectivity index (χ0v) is 20.7. The zero-order chi connectivity index (χ0) is 24.2. The molecule has 1 saturated heterocycles. The maximum absolute atomic E-state index is 13.0. The molecule has 5 rings (SSSR count). The number of piperazine rings is 1. The van der Waals surface area contributed by atoms with E-state index in [1.165, 1.54) is 15.8 Å². The molecule has 0 saturated carbocycles. The fourth-order valence-corrected chi connectivity index (χ4v) is 5.05. The minimum absolute atomic E-state index is 0.181. The number of nitrogens with zero attached hydrogens (tertiary/aromatic N) is 4. The van der Waals surface area contributed by atoms with Crippen molar-refractivity contribution in [2.45, 2.75) is 12.6 Å². The molecule has 4 aromatic rings. The van der Waals surface area contributed by atoms with E-state index >= 15 is 0 Å². The molecule has 0 aliphatic carbocycles. The van der Waals surface area contributed by atoms with E-state index < -0.39 is 0 Å². The Bertz CT molecular complexity index is 1280. The van der Waals surface area contributed by atoms with Crippen LogP contribution in [0.15, 0.2) is 95.9 Å². The van der Waals surface area contributed by atoms with Crippen molar-refractivity contribution in [2.75, 3.05) is 31.1 Å². The summed E-state index contributed by atoms with van der Waals surface area (Å²) in [6, 6.07) is 28.7. The monoisotopic (exact) mass is 504 g/mol. The van der Waals surface area contributed by atoms with Gasteiger partial charge in [-0.15, -0.1) is 0 Å². The molecule has 0 unspecified atom stereocenters. The summed E-state index contributed by atoms with van der Waals surface area (Å²) < 4.78 is 1.39. The van der Waals surface area contributed by atoms with Gasteiger partial charge in [-0.2, -0.15) is 5.10 Å². The average Bonchev–Trinajstić information content (AvgIpc) is 2.90. The van der Waals surface area contributed by atoms with Crippen LogP contribution in [0.1, 0.15) is 22.7 Å². The second-order valence-corrected chi connectivity index (χ2v) is 9.49. The van der Waals surface area contributed by atoms with Crippen molar-refractivity contribution < 1.29 is 0 Å². The van der Waals surface area contributed by atoms with Gasteiger partial charge in [0.25, 0.3) is 5.56 Å². The Hall–Kier alpha value is -3.12. The highest BCUT2D eigenvalue weighted by Crippen LogP contribution is 2.31. The third kappa shape index (κ3) is 5.27. The van der Waals surface area contributed by atoms with Crippen LogP contribution < -0.4 is 10.5 Å². The largest absolute Gasteiger partial charge is 0.366 e. The minimum atomic E-state index is -0.284. The first kappa shape index (κ1) is 23.6. The third-order valence-corrected chi connectivity index (χ3v) is 7.07. The molecule has 0 amide bonds. The molecule has 7 heteroatoms. The van der Waals surface area contributed by atoms with Crippen LogP contribution in [-0.2, 0) is 6.54 Å². The number of benzene rings is 3. The topological polar surface area (TPSA) is 41.4 Å². The Balaban J connectivity index is 1.33. The molecule has 2 heterocycles. The molecule has 0 atom stereocenters. The maximum Gasteiger partial charge on any atom is 0.287 e. The van der Waals surface area contributed by atoms with Crippen LogP contribution in [-0.4, -0.2) is 40.9 Å². The fraction of sp³-hybridized carbons (Fsp3) is 0.214. The lowest BCUT2D eigenvalue weighted by Gasteiger charge is -2.40. The molecule has 178 valence electrons. The number of hydrogen-bond donors (Lipinski definition) is 0. The number of halogens is 2. The summed E-state index contributed by atoms with van der Waals surface area (Å²) in [5, 5.41) is 5.28. The number of anilines is 1.